The number of nitrogens with zero attached hydrogens (tertiary/aromatic N) is 1. The number of likely N-dealkylation sites (N-methyl/N-ethyl adjacent to an activating group) is 1. The summed E-state index contributed by atoms with van der Waals surface area (Å²) in [5.41, 5.74) is 0. The lowest BCUT2D eigenvalue weighted by atomic mass is 9.98. The number of hydrogen-bond donors (Lipinski definition) is 1. The van der Waals surface area contributed by atoms with Crippen LogP contribution >= 0.6 is 0 Å². The summed E-state index contributed by atoms with van der Waals surface area (Å²) in [7, 11) is 2.33. The highest BCUT2D eigenvalue weighted by Crippen LogP contribution is 2.27. The van der Waals surface area contributed by atoms with Gasteiger partial charge in [0.1, 0.15) is 0 Å². The predicted octanol–water partition coefficient (Wildman–Crippen LogP) is 2.11. The van der Waals surface area contributed by atoms with E-state index in [0.717, 1.165) is 17.9 Å². The molecule has 2 atom stereocenters. The first-order valence-corrected chi connectivity index (χ1v) is 6.72. The van der Waals surface area contributed by atoms with Crippen molar-refractivity contribution in [2.45, 2.75) is 45.1 Å². The summed E-state index contributed by atoms with van der Waals surface area (Å²) in [5, 5.41) is 3.54. The van der Waals surface area contributed by atoms with Crippen LogP contribution in [0.2, 0.25) is 0 Å². The van der Waals surface area contributed by atoms with Crippen LogP contribution in [0.4, 0.5) is 0 Å². The van der Waals surface area contributed by atoms with Crippen LogP contribution in [0.25, 0.3) is 0 Å². The van der Waals surface area contributed by atoms with Crippen LogP contribution in [-0.4, -0.2) is 37.6 Å². The molecule has 1 heterocycles. The van der Waals surface area contributed by atoms with Crippen molar-refractivity contribution in [1.29, 1.82) is 0 Å². The van der Waals surface area contributed by atoms with Gasteiger partial charge in [0.25, 0.3) is 0 Å². The number of rotatable bonds is 4. The molecule has 1 aliphatic carbocycles. The van der Waals surface area contributed by atoms with Gasteiger partial charge in [0.15, 0.2) is 0 Å². The van der Waals surface area contributed by atoms with E-state index in [1.807, 2.05) is 0 Å². The summed E-state index contributed by atoms with van der Waals surface area (Å²) >= 11 is 0. The Balaban J connectivity index is 1.80. The Kier molecular flexibility index (Phi) is 4.04. The second-order valence-electron chi connectivity index (χ2n) is 5.48. The molecule has 0 bridgehead atoms. The van der Waals surface area contributed by atoms with E-state index in [1.54, 1.807) is 0 Å². The summed E-state index contributed by atoms with van der Waals surface area (Å²) in [4.78, 5) is 2.63. The zero-order valence-corrected chi connectivity index (χ0v) is 10.3. The van der Waals surface area contributed by atoms with Crippen LogP contribution in [0.1, 0.15) is 39.0 Å². The van der Waals surface area contributed by atoms with Gasteiger partial charge in [-0.15, -0.1) is 0 Å². The SMILES string of the molecule is CCC1CNCC1N(C)CC1CCCC1. The van der Waals surface area contributed by atoms with E-state index in [0.29, 0.717) is 0 Å². The Morgan fingerprint density at radius 1 is 1.20 bits per heavy atom. The molecule has 0 amide bonds. The van der Waals surface area contributed by atoms with E-state index < -0.39 is 0 Å². The van der Waals surface area contributed by atoms with Gasteiger partial charge in [0.2, 0.25) is 0 Å². The van der Waals surface area contributed by atoms with Crippen molar-refractivity contribution in [2.75, 3.05) is 26.7 Å². The minimum absolute atomic E-state index is 0.801. The Morgan fingerprint density at radius 3 is 2.60 bits per heavy atom. The van der Waals surface area contributed by atoms with Crippen LogP contribution in [0.15, 0.2) is 0 Å². The zero-order valence-electron chi connectivity index (χ0n) is 10.3. The van der Waals surface area contributed by atoms with Crippen LogP contribution < -0.4 is 5.32 Å². The molecule has 2 rings (SSSR count). The third-order valence-corrected chi connectivity index (χ3v) is 4.42. The maximum Gasteiger partial charge on any atom is 0.0257 e. The molecule has 1 aliphatic heterocycles. The monoisotopic (exact) mass is 210 g/mol. The topological polar surface area (TPSA) is 15.3 Å². The van der Waals surface area contributed by atoms with Crippen molar-refractivity contribution in [3.05, 3.63) is 0 Å². The summed E-state index contributed by atoms with van der Waals surface area (Å²) in [6.07, 6.45) is 7.21. The van der Waals surface area contributed by atoms with Crippen LogP contribution in [0.5, 0.6) is 0 Å². The summed E-state index contributed by atoms with van der Waals surface area (Å²) in [6.45, 7) is 6.11. The minimum atomic E-state index is 0.801. The van der Waals surface area contributed by atoms with Crippen LogP contribution in [0, 0.1) is 11.8 Å². The van der Waals surface area contributed by atoms with Gasteiger partial charge in [0, 0.05) is 19.1 Å². The molecular weight excluding hydrogens is 184 g/mol. The van der Waals surface area contributed by atoms with E-state index in [2.05, 4.69) is 24.2 Å². The highest BCUT2D eigenvalue weighted by Gasteiger charge is 2.30. The van der Waals surface area contributed by atoms with Gasteiger partial charge in [-0.1, -0.05) is 26.2 Å². The van der Waals surface area contributed by atoms with Crippen molar-refractivity contribution in [1.82, 2.24) is 10.2 Å². The molecule has 2 aliphatic rings. The second-order valence-corrected chi connectivity index (χ2v) is 5.48. The van der Waals surface area contributed by atoms with Crippen molar-refractivity contribution in [2.24, 2.45) is 11.8 Å². The molecule has 0 aromatic carbocycles. The summed E-state index contributed by atoms with van der Waals surface area (Å²) in [6, 6.07) is 0.801. The van der Waals surface area contributed by atoms with E-state index in [1.165, 1.54) is 51.7 Å². The molecule has 0 radical (unpaired) electrons. The molecule has 15 heavy (non-hydrogen) atoms. The number of nitrogens with one attached hydrogen (secondary N) is 1. The van der Waals surface area contributed by atoms with E-state index in [9.17, 15) is 0 Å². The van der Waals surface area contributed by atoms with Crippen molar-refractivity contribution in [3.8, 4) is 0 Å². The van der Waals surface area contributed by atoms with Crippen LogP contribution in [-0.2, 0) is 0 Å². The van der Waals surface area contributed by atoms with Gasteiger partial charge in [-0.3, -0.25) is 0 Å². The summed E-state index contributed by atoms with van der Waals surface area (Å²) < 4.78 is 0. The third kappa shape index (κ3) is 2.73. The third-order valence-electron chi connectivity index (χ3n) is 4.42. The molecule has 88 valence electrons. The maximum absolute atomic E-state index is 3.54. The van der Waals surface area contributed by atoms with Crippen LogP contribution in [0.3, 0.4) is 0 Å². The molecule has 2 nitrogen and oxygen atoms in total. The minimum Gasteiger partial charge on any atom is -0.315 e. The van der Waals surface area contributed by atoms with Gasteiger partial charge < -0.3 is 10.2 Å². The fourth-order valence-corrected chi connectivity index (χ4v) is 3.39. The average molecular weight is 210 g/mol. The maximum atomic E-state index is 3.54. The lowest BCUT2D eigenvalue weighted by molar-refractivity contribution is 0.180. The molecule has 0 aromatic rings. The van der Waals surface area contributed by atoms with Crippen molar-refractivity contribution >= 4 is 0 Å². The normalized spacial score (nSPS) is 33.0. The molecule has 2 fully saturated rings. The van der Waals surface area contributed by atoms with Gasteiger partial charge in [0.05, 0.1) is 0 Å². The molecule has 0 spiro atoms. The van der Waals surface area contributed by atoms with Gasteiger partial charge in [-0.05, 0) is 38.3 Å². The highest BCUT2D eigenvalue weighted by molar-refractivity contribution is 4.87. The van der Waals surface area contributed by atoms with Crippen molar-refractivity contribution in [3.63, 3.8) is 0 Å². The number of hydrogen-bond acceptors (Lipinski definition) is 2. The highest BCUT2D eigenvalue weighted by atomic mass is 15.2. The lowest BCUT2D eigenvalue weighted by Crippen LogP contribution is -2.40. The molecule has 2 unspecified atom stereocenters. The lowest BCUT2D eigenvalue weighted by Gasteiger charge is -2.30. The fourth-order valence-electron chi connectivity index (χ4n) is 3.39. The molecule has 1 saturated heterocycles. The first-order chi connectivity index (χ1) is 7.31. The second kappa shape index (κ2) is 5.31. The fraction of sp³-hybridized carbons (Fsp3) is 1.00. The Morgan fingerprint density at radius 2 is 1.93 bits per heavy atom. The molecule has 0 aromatic heterocycles. The largest absolute Gasteiger partial charge is 0.315 e. The Labute approximate surface area is 94.4 Å². The molecule has 1 saturated carbocycles. The van der Waals surface area contributed by atoms with Gasteiger partial charge >= 0.3 is 0 Å². The van der Waals surface area contributed by atoms with E-state index >= 15 is 0 Å². The zero-order chi connectivity index (χ0) is 10.7. The molecule has 1 N–H and O–H groups in total. The quantitative estimate of drug-likeness (QED) is 0.764. The molecular formula is C13H26N2. The van der Waals surface area contributed by atoms with Gasteiger partial charge in [-0.25, -0.2) is 0 Å². The summed E-state index contributed by atoms with van der Waals surface area (Å²) in [5.74, 6) is 1.88. The van der Waals surface area contributed by atoms with E-state index in [-0.39, 0.29) is 0 Å². The smallest absolute Gasteiger partial charge is 0.0257 e. The molecule has 2 heteroatoms. The Bertz CT molecular complexity index is 187. The van der Waals surface area contributed by atoms with E-state index in [4.69, 9.17) is 0 Å². The van der Waals surface area contributed by atoms with Gasteiger partial charge in [-0.2, -0.15) is 0 Å². The predicted molar refractivity (Wildman–Crippen MR) is 65.0 cm³/mol. The first kappa shape index (κ1) is 11.4. The Hall–Kier alpha value is -0.0800. The average Bonchev–Trinajstić information content (AvgIpc) is 2.86. The van der Waals surface area contributed by atoms with Crippen molar-refractivity contribution < 1.29 is 0 Å². The first-order valence-electron chi connectivity index (χ1n) is 6.72. The standard InChI is InChI=1S/C13H26N2/c1-3-12-8-14-9-13(12)15(2)10-11-6-4-5-7-11/h11-14H,3-10H2,1-2H3.